The first-order valence-corrected chi connectivity index (χ1v) is 8.43. The zero-order valence-electron chi connectivity index (χ0n) is 13.0. The molecule has 0 N–H and O–H groups in total. The van der Waals surface area contributed by atoms with Crippen LogP contribution in [0.15, 0.2) is 24.3 Å². The van der Waals surface area contributed by atoms with Crippen LogP contribution in [0.1, 0.15) is 30.3 Å². The first-order chi connectivity index (χ1) is 10.7. The molecule has 1 aromatic carbocycles. The molecule has 0 atom stereocenters. The predicted octanol–water partition coefficient (Wildman–Crippen LogP) is 3.50. The molecule has 1 aliphatic heterocycles. The molecule has 1 aromatic heterocycles. The number of methoxy groups -OCH3 is 1. The van der Waals surface area contributed by atoms with Gasteiger partial charge in [-0.25, -0.2) is 4.98 Å². The van der Waals surface area contributed by atoms with Crippen molar-refractivity contribution in [3.05, 3.63) is 34.8 Å². The number of carbonyl (C=O) groups is 1. The lowest BCUT2D eigenvalue weighted by molar-refractivity contribution is -0.132. The van der Waals surface area contributed by atoms with E-state index in [0.29, 0.717) is 13.0 Å². The van der Waals surface area contributed by atoms with Gasteiger partial charge in [-0.2, -0.15) is 0 Å². The van der Waals surface area contributed by atoms with Crippen LogP contribution in [0.5, 0.6) is 5.75 Å². The number of hydrogen-bond acceptors (Lipinski definition) is 4. The summed E-state index contributed by atoms with van der Waals surface area (Å²) >= 11 is 1.70. The minimum atomic E-state index is 0.257. The van der Waals surface area contributed by atoms with E-state index in [9.17, 15) is 4.79 Å². The van der Waals surface area contributed by atoms with Gasteiger partial charge >= 0.3 is 0 Å². The number of ether oxygens (including phenoxy) is 1. The van der Waals surface area contributed by atoms with Crippen LogP contribution in [0.2, 0.25) is 0 Å². The number of carbonyl (C=O) groups excluding carboxylic acids is 1. The topological polar surface area (TPSA) is 42.4 Å². The molecule has 0 unspecified atom stereocenters. The Labute approximate surface area is 134 Å². The van der Waals surface area contributed by atoms with Gasteiger partial charge in [-0.3, -0.25) is 4.79 Å². The van der Waals surface area contributed by atoms with E-state index in [1.807, 2.05) is 36.1 Å². The number of thiazole rings is 1. The number of benzene rings is 1. The summed E-state index contributed by atoms with van der Waals surface area (Å²) < 4.78 is 5.19. The molecule has 3 rings (SSSR count). The Morgan fingerprint density at radius 1 is 1.36 bits per heavy atom. The number of amides is 1. The molecule has 0 saturated carbocycles. The second-order valence-electron chi connectivity index (χ2n) is 5.43. The summed E-state index contributed by atoms with van der Waals surface area (Å²) in [4.78, 5) is 20.0. The Bertz CT molecular complexity index is 664. The van der Waals surface area contributed by atoms with Gasteiger partial charge in [0, 0.05) is 29.8 Å². The lowest BCUT2D eigenvalue weighted by atomic mass is 10.1. The maximum Gasteiger partial charge on any atom is 0.222 e. The van der Waals surface area contributed by atoms with Crippen LogP contribution in [-0.4, -0.2) is 29.4 Å². The van der Waals surface area contributed by atoms with Gasteiger partial charge in [0.15, 0.2) is 0 Å². The molecule has 2 aromatic rings. The van der Waals surface area contributed by atoms with E-state index >= 15 is 0 Å². The van der Waals surface area contributed by atoms with Gasteiger partial charge < -0.3 is 9.64 Å². The summed E-state index contributed by atoms with van der Waals surface area (Å²) in [5.41, 5.74) is 2.25. The highest BCUT2D eigenvalue weighted by Gasteiger charge is 2.23. The number of hydrogen-bond donors (Lipinski definition) is 0. The molecule has 22 heavy (non-hydrogen) atoms. The van der Waals surface area contributed by atoms with E-state index in [1.54, 1.807) is 18.4 Å². The maximum atomic E-state index is 12.1. The molecular formula is C17H20N2O2S. The number of fused-ring (bicyclic) bond motifs is 1. The fourth-order valence-corrected chi connectivity index (χ4v) is 3.77. The molecule has 5 heteroatoms. The van der Waals surface area contributed by atoms with E-state index in [4.69, 9.17) is 9.72 Å². The number of rotatable bonds is 4. The minimum Gasteiger partial charge on any atom is -0.497 e. The molecule has 2 heterocycles. The Hall–Kier alpha value is -1.88. The highest BCUT2D eigenvalue weighted by atomic mass is 32.1. The smallest absolute Gasteiger partial charge is 0.222 e. The monoisotopic (exact) mass is 316 g/mol. The summed E-state index contributed by atoms with van der Waals surface area (Å²) in [5, 5.41) is 1.03. The standard InChI is InChI=1S/C17H20N2O2S/c1-3-4-16(20)19-10-9-14-15(11-19)22-17(18-14)12-5-7-13(21-2)8-6-12/h5-8H,3-4,9-11H2,1-2H3. The lowest BCUT2D eigenvalue weighted by Crippen LogP contribution is -2.35. The van der Waals surface area contributed by atoms with Crippen LogP contribution >= 0.6 is 11.3 Å². The van der Waals surface area contributed by atoms with Crippen LogP contribution in [0, 0.1) is 0 Å². The lowest BCUT2D eigenvalue weighted by Gasteiger charge is -2.26. The zero-order chi connectivity index (χ0) is 15.5. The fraction of sp³-hybridized carbons (Fsp3) is 0.412. The minimum absolute atomic E-state index is 0.257. The summed E-state index contributed by atoms with van der Waals surface area (Å²) in [6, 6.07) is 7.96. The van der Waals surface area contributed by atoms with Gasteiger partial charge in [0.05, 0.1) is 19.3 Å². The quantitative estimate of drug-likeness (QED) is 0.867. The second kappa shape index (κ2) is 6.48. The summed E-state index contributed by atoms with van der Waals surface area (Å²) in [7, 11) is 1.67. The van der Waals surface area contributed by atoms with E-state index in [-0.39, 0.29) is 5.91 Å². The van der Waals surface area contributed by atoms with Crippen molar-refractivity contribution in [2.45, 2.75) is 32.7 Å². The van der Waals surface area contributed by atoms with Gasteiger partial charge in [-0.15, -0.1) is 11.3 Å². The molecule has 1 aliphatic rings. The van der Waals surface area contributed by atoms with Crippen molar-refractivity contribution in [3.8, 4) is 16.3 Å². The average molecular weight is 316 g/mol. The summed E-state index contributed by atoms with van der Waals surface area (Å²) in [5.74, 6) is 1.11. The van der Waals surface area contributed by atoms with E-state index < -0.39 is 0 Å². The van der Waals surface area contributed by atoms with E-state index in [0.717, 1.165) is 41.4 Å². The van der Waals surface area contributed by atoms with Crippen molar-refractivity contribution in [3.63, 3.8) is 0 Å². The predicted molar refractivity (Wildman–Crippen MR) is 88.1 cm³/mol. The fourth-order valence-electron chi connectivity index (χ4n) is 2.64. The molecule has 4 nitrogen and oxygen atoms in total. The van der Waals surface area contributed by atoms with Crippen molar-refractivity contribution in [2.75, 3.05) is 13.7 Å². The van der Waals surface area contributed by atoms with E-state index in [2.05, 4.69) is 0 Å². The molecule has 0 aliphatic carbocycles. The van der Waals surface area contributed by atoms with Gasteiger partial charge in [0.25, 0.3) is 0 Å². The first-order valence-electron chi connectivity index (χ1n) is 7.62. The number of aromatic nitrogens is 1. The highest BCUT2D eigenvalue weighted by molar-refractivity contribution is 7.15. The molecule has 0 bridgehead atoms. The second-order valence-corrected chi connectivity index (χ2v) is 6.52. The summed E-state index contributed by atoms with van der Waals surface area (Å²) in [6.45, 7) is 3.54. The zero-order valence-corrected chi connectivity index (χ0v) is 13.8. The van der Waals surface area contributed by atoms with E-state index in [1.165, 1.54) is 4.88 Å². The Morgan fingerprint density at radius 3 is 2.82 bits per heavy atom. The maximum absolute atomic E-state index is 12.1. The average Bonchev–Trinajstić information content (AvgIpc) is 2.98. The number of nitrogens with zero attached hydrogens (tertiary/aromatic N) is 2. The van der Waals surface area contributed by atoms with Crippen LogP contribution in [0.25, 0.3) is 10.6 Å². The van der Waals surface area contributed by atoms with Crippen LogP contribution in [0.4, 0.5) is 0 Å². The highest BCUT2D eigenvalue weighted by Crippen LogP contribution is 2.32. The Kier molecular flexibility index (Phi) is 4.43. The third kappa shape index (κ3) is 2.99. The SMILES string of the molecule is CCCC(=O)N1CCc2nc(-c3ccc(OC)cc3)sc2C1. The van der Waals surface area contributed by atoms with Crippen LogP contribution in [0.3, 0.4) is 0 Å². The van der Waals surface area contributed by atoms with Crippen molar-refractivity contribution in [1.29, 1.82) is 0 Å². The normalized spacial score (nSPS) is 13.8. The van der Waals surface area contributed by atoms with Gasteiger partial charge in [-0.05, 0) is 30.7 Å². The van der Waals surface area contributed by atoms with Gasteiger partial charge in [0.1, 0.15) is 10.8 Å². The van der Waals surface area contributed by atoms with Gasteiger partial charge in [0.2, 0.25) is 5.91 Å². The molecule has 0 radical (unpaired) electrons. The van der Waals surface area contributed by atoms with Crippen LogP contribution < -0.4 is 4.74 Å². The first kappa shape index (κ1) is 15.0. The molecule has 116 valence electrons. The molecule has 1 amide bonds. The third-order valence-corrected chi connectivity index (χ3v) is 5.02. The van der Waals surface area contributed by atoms with Gasteiger partial charge in [-0.1, -0.05) is 6.92 Å². The molecule has 0 fully saturated rings. The van der Waals surface area contributed by atoms with Crippen molar-refractivity contribution in [1.82, 2.24) is 9.88 Å². The third-order valence-electron chi connectivity index (χ3n) is 3.88. The van der Waals surface area contributed by atoms with Crippen LogP contribution in [-0.2, 0) is 17.8 Å². The largest absolute Gasteiger partial charge is 0.497 e. The molecule has 0 spiro atoms. The molecule has 0 saturated heterocycles. The molecular weight excluding hydrogens is 296 g/mol. The van der Waals surface area contributed by atoms with Crippen molar-refractivity contribution >= 4 is 17.2 Å². The van der Waals surface area contributed by atoms with Crippen molar-refractivity contribution < 1.29 is 9.53 Å². The summed E-state index contributed by atoms with van der Waals surface area (Å²) in [6.07, 6.45) is 2.40. The Balaban J connectivity index is 1.79. The Morgan fingerprint density at radius 2 is 2.14 bits per heavy atom. The van der Waals surface area contributed by atoms with Crippen molar-refractivity contribution in [2.24, 2.45) is 0 Å².